The Balaban J connectivity index is 1.48. The first-order valence-corrected chi connectivity index (χ1v) is 10.3. The van der Waals surface area contributed by atoms with Gasteiger partial charge in [-0.2, -0.15) is 5.26 Å². The van der Waals surface area contributed by atoms with Crippen LogP contribution in [0.2, 0.25) is 0 Å². The average Bonchev–Trinajstić information content (AvgIpc) is 2.80. The third kappa shape index (κ3) is 6.28. The van der Waals surface area contributed by atoms with Gasteiger partial charge in [0.15, 0.2) is 12.6 Å². The molecular formula is C23H28N5O3+. The van der Waals surface area contributed by atoms with Crippen LogP contribution >= 0.6 is 0 Å². The second kappa shape index (κ2) is 10.6. The molecule has 1 saturated heterocycles. The molecule has 2 aromatic carbocycles. The number of ether oxygens (including phenoxy) is 1. The Morgan fingerprint density at radius 1 is 1.06 bits per heavy atom. The highest BCUT2D eigenvalue weighted by atomic mass is 16.5. The summed E-state index contributed by atoms with van der Waals surface area (Å²) in [6.07, 6.45) is 0. The quantitative estimate of drug-likeness (QED) is 0.615. The summed E-state index contributed by atoms with van der Waals surface area (Å²) >= 11 is 0. The van der Waals surface area contributed by atoms with Gasteiger partial charge < -0.3 is 25.2 Å². The largest absolute Gasteiger partial charge is 0.378 e. The number of anilines is 3. The molecule has 1 heterocycles. The van der Waals surface area contributed by atoms with Crippen molar-refractivity contribution in [1.29, 1.82) is 5.26 Å². The first-order chi connectivity index (χ1) is 15.0. The number of nitrogens with one attached hydrogen (secondary N) is 3. The zero-order valence-electron chi connectivity index (χ0n) is 17.9. The number of carbonyl (C=O) groups is 2. The molecule has 8 nitrogen and oxygen atoms in total. The Labute approximate surface area is 182 Å². The Morgan fingerprint density at radius 2 is 1.65 bits per heavy atom. The highest BCUT2D eigenvalue weighted by Gasteiger charge is 2.24. The van der Waals surface area contributed by atoms with Gasteiger partial charge in [0.1, 0.15) is 0 Å². The summed E-state index contributed by atoms with van der Waals surface area (Å²) in [5.41, 5.74) is 2.98. The predicted octanol–water partition coefficient (Wildman–Crippen LogP) is 0.875. The number of rotatable bonds is 7. The molecule has 2 aromatic rings. The van der Waals surface area contributed by atoms with E-state index in [2.05, 4.69) is 15.5 Å². The van der Waals surface area contributed by atoms with Gasteiger partial charge in [0, 0.05) is 30.2 Å². The molecule has 0 spiro atoms. The van der Waals surface area contributed by atoms with Crippen molar-refractivity contribution >= 4 is 28.9 Å². The summed E-state index contributed by atoms with van der Waals surface area (Å²) in [5, 5.41) is 14.6. The van der Waals surface area contributed by atoms with Crippen LogP contribution in [0.3, 0.4) is 0 Å². The van der Waals surface area contributed by atoms with Gasteiger partial charge in [0.05, 0.1) is 31.9 Å². The number of hydrogen-bond acceptors (Lipinski definition) is 5. The second-order valence-electron chi connectivity index (χ2n) is 7.62. The van der Waals surface area contributed by atoms with Crippen LogP contribution in [-0.2, 0) is 14.3 Å². The molecule has 162 valence electrons. The number of morpholine rings is 1. The molecule has 2 atom stereocenters. The summed E-state index contributed by atoms with van der Waals surface area (Å²) in [6.45, 7) is 5.12. The number of hydrogen-bond donors (Lipinski definition) is 3. The SMILES string of the molecule is C[C@@H](C(=O)Nc1ccc(C#N)cc1)[NH+](C)CC(=O)Nc1ccc(N2CCOCC2)cc1. The van der Waals surface area contributed by atoms with E-state index in [9.17, 15) is 9.59 Å². The Bertz CT molecular complexity index is 931. The molecule has 8 heteroatoms. The molecule has 0 aromatic heterocycles. The van der Waals surface area contributed by atoms with E-state index in [1.165, 1.54) is 0 Å². The van der Waals surface area contributed by atoms with Gasteiger partial charge in [0.2, 0.25) is 0 Å². The van der Waals surface area contributed by atoms with Gasteiger partial charge in [-0.25, -0.2) is 0 Å². The Hall–Kier alpha value is -3.41. The van der Waals surface area contributed by atoms with Crippen LogP contribution in [0.15, 0.2) is 48.5 Å². The lowest BCUT2D eigenvalue weighted by atomic mass is 10.2. The van der Waals surface area contributed by atoms with Crippen molar-refractivity contribution in [2.45, 2.75) is 13.0 Å². The zero-order chi connectivity index (χ0) is 22.2. The summed E-state index contributed by atoms with van der Waals surface area (Å²) in [5.74, 6) is -0.348. The maximum atomic E-state index is 12.5. The minimum absolute atomic E-state index is 0.158. The van der Waals surface area contributed by atoms with Crippen LogP contribution in [0.4, 0.5) is 17.1 Å². The highest BCUT2D eigenvalue weighted by Crippen LogP contribution is 2.18. The van der Waals surface area contributed by atoms with Crippen molar-refractivity contribution in [3.05, 3.63) is 54.1 Å². The van der Waals surface area contributed by atoms with E-state index in [0.29, 0.717) is 11.3 Å². The molecule has 1 fully saturated rings. The van der Waals surface area contributed by atoms with Gasteiger partial charge in [-0.3, -0.25) is 9.59 Å². The number of amides is 2. The molecule has 2 amide bonds. The number of quaternary nitrogens is 1. The molecule has 0 bridgehead atoms. The normalized spacial score (nSPS) is 15.5. The molecular weight excluding hydrogens is 394 g/mol. The standard InChI is InChI=1S/C23H27N5O3/c1-17(23(30)26-20-5-3-18(15-24)4-6-20)27(2)16-22(29)25-19-7-9-21(10-8-19)28-11-13-31-14-12-28/h3-10,17H,11-14,16H2,1-2H3,(H,25,29)(H,26,30)/p+1/t17-/m0/s1. The van der Waals surface area contributed by atoms with Crippen LogP contribution in [0, 0.1) is 11.3 Å². The van der Waals surface area contributed by atoms with Crippen LogP contribution in [0.1, 0.15) is 12.5 Å². The van der Waals surface area contributed by atoms with Crippen molar-refractivity contribution in [2.24, 2.45) is 0 Å². The molecule has 1 aliphatic heterocycles. The maximum absolute atomic E-state index is 12.5. The molecule has 1 aliphatic rings. The van der Waals surface area contributed by atoms with Gasteiger partial charge >= 0.3 is 0 Å². The second-order valence-corrected chi connectivity index (χ2v) is 7.62. The van der Waals surface area contributed by atoms with Crippen LogP contribution in [0.25, 0.3) is 0 Å². The lowest BCUT2D eigenvalue weighted by Gasteiger charge is -2.28. The summed E-state index contributed by atoms with van der Waals surface area (Å²) in [6, 6.07) is 16.0. The van der Waals surface area contributed by atoms with Crippen molar-refractivity contribution in [3.8, 4) is 6.07 Å². The topological polar surface area (TPSA) is 98.9 Å². The molecule has 1 unspecified atom stereocenters. The number of nitrogens with zero attached hydrogens (tertiary/aromatic N) is 2. The third-order valence-corrected chi connectivity index (χ3v) is 5.38. The minimum Gasteiger partial charge on any atom is -0.378 e. The fourth-order valence-electron chi connectivity index (χ4n) is 3.29. The number of carbonyl (C=O) groups excluding carboxylic acids is 2. The molecule has 3 rings (SSSR count). The lowest BCUT2D eigenvalue weighted by Crippen LogP contribution is -3.14. The predicted molar refractivity (Wildman–Crippen MR) is 119 cm³/mol. The summed E-state index contributed by atoms with van der Waals surface area (Å²) in [4.78, 5) is 28.0. The molecule has 3 N–H and O–H groups in total. The zero-order valence-corrected chi connectivity index (χ0v) is 17.9. The highest BCUT2D eigenvalue weighted by molar-refractivity contribution is 5.94. The first-order valence-electron chi connectivity index (χ1n) is 10.3. The van der Waals surface area contributed by atoms with Crippen LogP contribution in [0.5, 0.6) is 0 Å². The van der Waals surface area contributed by atoms with Crippen molar-refractivity contribution in [2.75, 3.05) is 55.4 Å². The van der Waals surface area contributed by atoms with Crippen molar-refractivity contribution in [3.63, 3.8) is 0 Å². The fraction of sp³-hybridized carbons (Fsp3) is 0.348. The van der Waals surface area contributed by atoms with Gasteiger partial charge in [-0.05, 0) is 55.5 Å². The number of nitriles is 1. The molecule has 31 heavy (non-hydrogen) atoms. The van der Waals surface area contributed by atoms with E-state index in [1.54, 1.807) is 31.2 Å². The van der Waals surface area contributed by atoms with Crippen molar-refractivity contribution in [1.82, 2.24) is 0 Å². The summed E-state index contributed by atoms with van der Waals surface area (Å²) < 4.78 is 5.37. The molecule has 0 aliphatic carbocycles. The van der Waals surface area contributed by atoms with E-state index in [-0.39, 0.29) is 18.4 Å². The van der Waals surface area contributed by atoms with E-state index < -0.39 is 6.04 Å². The monoisotopic (exact) mass is 422 g/mol. The average molecular weight is 423 g/mol. The molecule has 0 radical (unpaired) electrons. The lowest BCUT2D eigenvalue weighted by molar-refractivity contribution is -0.885. The number of likely N-dealkylation sites (N-methyl/N-ethyl adjacent to an activating group) is 1. The smallest absolute Gasteiger partial charge is 0.282 e. The maximum Gasteiger partial charge on any atom is 0.282 e. The third-order valence-electron chi connectivity index (χ3n) is 5.38. The van der Waals surface area contributed by atoms with Gasteiger partial charge in [-0.15, -0.1) is 0 Å². The number of benzene rings is 2. The Morgan fingerprint density at radius 3 is 2.26 bits per heavy atom. The van der Waals surface area contributed by atoms with Gasteiger partial charge in [-0.1, -0.05) is 0 Å². The summed E-state index contributed by atoms with van der Waals surface area (Å²) in [7, 11) is 1.81. The van der Waals surface area contributed by atoms with Crippen molar-refractivity contribution < 1.29 is 19.2 Å². The van der Waals surface area contributed by atoms with E-state index in [0.717, 1.165) is 42.6 Å². The van der Waals surface area contributed by atoms with E-state index >= 15 is 0 Å². The fourth-order valence-corrected chi connectivity index (χ4v) is 3.29. The van der Waals surface area contributed by atoms with Crippen LogP contribution in [-0.4, -0.2) is 57.8 Å². The van der Waals surface area contributed by atoms with E-state index in [1.807, 2.05) is 37.4 Å². The Kier molecular flexibility index (Phi) is 7.60. The first kappa shape index (κ1) is 22.3. The van der Waals surface area contributed by atoms with Gasteiger partial charge in [0.25, 0.3) is 11.8 Å². The molecule has 0 saturated carbocycles. The van der Waals surface area contributed by atoms with E-state index in [4.69, 9.17) is 10.00 Å². The van der Waals surface area contributed by atoms with Crippen LogP contribution < -0.4 is 20.4 Å². The minimum atomic E-state index is -0.426.